The van der Waals surface area contributed by atoms with Gasteiger partial charge in [0.2, 0.25) is 0 Å². The molecule has 1 rings (SSSR count). The molecule has 1 aliphatic rings. The fraction of sp³-hybridized carbons (Fsp3) is 0.824. The van der Waals surface area contributed by atoms with Crippen molar-refractivity contribution in [3.8, 4) is 0 Å². The van der Waals surface area contributed by atoms with Gasteiger partial charge in [-0.2, -0.15) is 0 Å². The van der Waals surface area contributed by atoms with E-state index in [9.17, 15) is 14.4 Å². The van der Waals surface area contributed by atoms with Crippen molar-refractivity contribution in [1.82, 2.24) is 5.32 Å². The number of carboxylic acids is 3. The number of rotatable bonds is 7. The molecule has 9 heteroatoms. The van der Waals surface area contributed by atoms with Crippen molar-refractivity contribution in [1.29, 1.82) is 0 Å². The van der Waals surface area contributed by atoms with Crippen LogP contribution < -0.4 is 16.8 Å². The van der Waals surface area contributed by atoms with Crippen molar-refractivity contribution in [2.75, 3.05) is 6.54 Å². The molecule has 9 nitrogen and oxygen atoms in total. The van der Waals surface area contributed by atoms with Crippen LogP contribution in [0.4, 0.5) is 0 Å². The average molecular weight is 377 g/mol. The van der Waals surface area contributed by atoms with Crippen LogP contribution >= 0.6 is 0 Å². The third-order valence-electron chi connectivity index (χ3n) is 3.94. The molecule has 0 unspecified atom stereocenters. The van der Waals surface area contributed by atoms with E-state index in [0.29, 0.717) is 12.3 Å². The highest BCUT2D eigenvalue weighted by atomic mass is 16.4. The molecule has 1 saturated heterocycles. The van der Waals surface area contributed by atoms with Crippen molar-refractivity contribution in [3.63, 3.8) is 0 Å². The summed E-state index contributed by atoms with van der Waals surface area (Å²) in [6, 6.07) is -1.66. The third-order valence-corrected chi connectivity index (χ3v) is 3.94. The van der Waals surface area contributed by atoms with Crippen molar-refractivity contribution in [3.05, 3.63) is 0 Å². The molecule has 1 aliphatic heterocycles. The van der Waals surface area contributed by atoms with E-state index in [1.165, 1.54) is 0 Å². The Hall–Kier alpha value is -1.71. The first kappa shape index (κ1) is 26.5. The standard InChI is InChI=1S/2C6H13NO2.C5H9NO2/c1-4(2)3-5(7)6(8)9;1-3-4(2)5(7)6(8)9;7-5(8)4-2-1-3-6-4/h2*4-5H,3,7H2,1-2H3,(H,8,9);4,6H,1-3H2,(H,7,8)/t5-;4-,5-;4-/m000/s1. The topological polar surface area (TPSA) is 176 Å². The number of carbonyl (C=O) groups is 3. The predicted molar refractivity (Wildman–Crippen MR) is 98.8 cm³/mol. The summed E-state index contributed by atoms with van der Waals surface area (Å²) in [5.74, 6) is -2.12. The van der Waals surface area contributed by atoms with Crippen molar-refractivity contribution in [2.45, 2.75) is 71.5 Å². The summed E-state index contributed by atoms with van der Waals surface area (Å²) in [6.07, 6.45) is 3.15. The summed E-state index contributed by atoms with van der Waals surface area (Å²) in [6.45, 7) is 8.51. The van der Waals surface area contributed by atoms with E-state index in [0.717, 1.165) is 25.8 Å². The van der Waals surface area contributed by atoms with Crippen LogP contribution in [0.3, 0.4) is 0 Å². The van der Waals surface area contributed by atoms with E-state index in [2.05, 4.69) is 5.32 Å². The van der Waals surface area contributed by atoms with E-state index < -0.39 is 30.0 Å². The SMILES string of the molecule is CC(C)C[C@H](N)C(=O)O.CC[C@H](C)[C@H](N)C(=O)O.O=C(O)[C@@H]1CCCN1. The molecule has 4 atom stereocenters. The fourth-order valence-electron chi connectivity index (χ4n) is 2.00. The monoisotopic (exact) mass is 377 g/mol. The van der Waals surface area contributed by atoms with Gasteiger partial charge in [0.15, 0.2) is 0 Å². The van der Waals surface area contributed by atoms with Gasteiger partial charge in [0.05, 0.1) is 0 Å². The van der Waals surface area contributed by atoms with E-state index in [-0.39, 0.29) is 12.0 Å². The largest absolute Gasteiger partial charge is 0.480 e. The van der Waals surface area contributed by atoms with Gasteiger partial charge in [-0.15, -0.1) is 0 Å². The summed E-state index contributed by atoms with van der Waals surface area (Å²) >= 11 is 0. The normalized spacial score (nSPS) is 19.3. The summed E-state index contributed by atoms with van der Waals surface area (Å²) in [5, 5.41) is 27.9. The highest BCUT2D eigenvalue weighted by molar-refractivity contribution is 5.74. The van der Waals surface area contributed by atoms with Crippen LogP contribution in [0.1, 0.15) is 53.4 Å². The molecule has 26 heavy (non-hydrogen) atoms. The molecule has 0 aromatic heterocycles. The minimum absolute atomic E-state index is 0.0718. The number of carboxylic acid groups (broad SMARTS) is 3. The van der Waals surface area contributed by atoms with Crippen LogP contribution in [0.15, 0.2) is 0 Å². The lowest BCUT2D eigenvalue weighted by atomic mass is 10.0. The Kier molecular flexibility index (Phi) is 14.7. The molecule has 154 valence electrons. The highest BCUT2D eigenvalue weighted by Gasteiger charge is 2.20. The van der Waals surface area contributed by atoms with E-state index >= 15 is 0 Å². The molecule has 1 heterocycles. The molecular weight excluding hydrogens is 342 g/mol. The van der Waals surface area contributed by atoms with E-state index in [1.54, 1.807) is 0 Å². The predicted octanol–water partition coefficient (Wildman–Crippen LogP) is 0.712. The number of hydrogen-bond acceptors (Lipinski definition) is 6. The first-order valence-corrected chi connectivity index (χ1v) is 8.86. The Morgan fingerprint density at radius 3 is 1.77 bits per heavy atom. The van der Waals surface area contributed by atoms with E-state index in [1.807, 2.05) is 27.7 Å². The maximum atomic E-state index is 10.2. The lowest BCUT2D eigenvalue weighted by Crippen LogP contribution is -2.36. The number of aliphatic carboxylic acids is 3. The molecule has 0 amide bonds. The van der Waals surface area contributed by atoms with Gasteiger partial charge in [0.1, 0.15) is 18.1 Å². The molecule has 8 N–H and O–H groups in total. The maximum absolute atomic E-state index is 10.2. The Balaban J connectivity index is 0. The Morgan fingerprint density at radius 1 is 1.08 bits per heavy atom. The van der Waals surface area contributed by atoms with Crippen LogP contribution in [-0.2, 0) is 14.4 Å². The van der Waals surface area contributed by atoms with Crippen LogP contribution in [0.25, 0.3) is 0 Å². The molecule has 1 fully saturated rings. The quantitative estimate of drug-likeness (QED) is 0.373. The number of nitrogens with one attached hydrogen (secondary N) is 1. The van der Waals surface area contributed by atoms with Crippen LogP contribution in [-0.4, -0.2) is 57.9 Å². The fourth-order valence-corrected chi connectivity index (χ4v) is 2.00. The van der Waals surface area contributed by atoms with Gasteiger partial charge in [0, 0.05) is 0 Å². The van der Waals surface area contributed by atoms with Gasteiger partial charge in [-0.25, -0.2) is 0 Å². The van der Waals surface area contributed by atoms with Gasteiger partial charge in [0.25, 0.3) is 0 Å². The molecule has 0 radical (unpaired) electrons. The lowest BCUT2D eigenvalue weighted by Gasteiger charge is -2.11. The van der Waals surface area contributed by atoms with Gasteiger partial charge in [-0.05, 0) is 37.6 Å². The second kappa shape index (κ2) is 14.5. The molecule has 0 saturated carbocycles. The molecule has 0 bridgehead atoms. The summed E-state index contributed by atoms with van der Waals surface area (Å²) < 4.78 is 0. The number of nitrogens with two attached hydrogens (primary N) is 2. The van der Waals surface area contributed by atoms with Crippen molar-refractivity contribution >= 4 is 17.9 Å². The van der Waals surface area contributed by atoms with Crippen LogP contribution in [0, 0.1) is 11.8 Å². The molecular formula is C17H35N3O6. The zero-order valence-corrected chi connectivity index (χ0v) is 16.1. The van der Waals surface area contributed by atoms with Crippen LogP contribution in [0.2, 0.25) is 0 Å². The van der Waals surface area contributed by atoms with Crippen molar-refractivity contribution in [2.24, 2.45) is 23.3 Å². The van der Waals surface area contributed by atoms with Gasteiger partial charge in [-0.3, -0.25) is 14.4 Å². The summed E-state index contributed by atoms with van der Waals surface area (Å²) in [4.78, 5) is 30.4. The Labute approximate surface area is 155 Å². The lowest BCUT2D eigenvalue weighted by molar-refractivity contribution is -0.140. The highest BCUT2D eigenvalue weighted by Crippen LogP contribution is 2.04. The third kappa shape index (κ3) is 13.6. The summed E-state index contributed by atoms with van der Waals surface area (Å²) in [5.41, 5.74) is 10.5. The van der Waals surface area contributed by atoms with Crippen molar-refractivity contribution < 1.29 is 29.7 Å². The molecule has 0 aliphatic carbocycles. The zero-order chi connectivity index (χ0) is 20.9. The second-order valence-electron chi connectivity index (χ2n) is 6.81. The maximum Gasteiger partial charge on any atom is 0.320 e. The molecule has 0 aromatic carbocycles. The zero-order valence-electron chi connectivity index (χ0n) is 16.1. The average Bonchev–Trinajstić information content (AvgIpc) is 3.08. The first-order valence-electron chi connectivity index (χ1n) is 8.86. The smallest absolute Gasteiger partial charge is 0.320 e. The summed E-state index contributed by atoms with van der Waals surface area (Å²) in [7, 11) is 0. The number of hydrogen-bond donors (Lipinski definition) is 6. The van der Waals surface area contributed by atoms with E-state index in [4.69, 9.17) is 26.8 Å². The van der Waals surface area contributed by atoms with Gasteiger partial charge < -0.3 is 32.1 Å². The minimum atomic E-state index is -0.913. The second-order valence-corrected chi connectivity index (χ2v) is 6.81. The Morgan fingerprint density at radius 2 is 1.62 bits per heavy atom. The minimum Gasteiger partial charge on any atom is -0.480 e. The molecule has 0 spiro atoms. The first-order chi connectivity index (χ1) is 11.9. The molecule has 0 aromatic rings. The van der Waals surface area contributed by atoms with Gasteiger partial charge >= 0.3 is 17.9 Å². The Bertz CT molecular complexity index is 425. The van der Waals surface area contributed by atoms with Crippen LogP contribution in [0.5, 0.6) is 0 Å². The van der Waals surface area contributed by atoms with Gasteiger partial charge in [-0.1, -0.05) is 34.1 Å².